The summed E-state index contributed by atoms with van der Waals surface area (Å²) < 4.78 is 0. The molecule has 0 spiro atoms. The van der Waals surface area contributed by atoms with Crippen molar-refractivity contribution in [3.63, 3.8) is 0 Å². The van der Waals surface area contributed by atoms with Crippen molar-refractivity contribution in [3.8, 4) is 0 Å². The first-order chi connectivity index (χ1) is 10.7. The second-order valence-corrected chi connectivity index (χ2v) is 5.34. The first-order valence-electron chi connectivity index (χ1n) is 6.82. The first kappa shape index (κ1) is 15.9. The zero-order chi connectivity index (χ0) is 15.8. The van der Waals surface area contributed by atoms with Crippen molar-refractivity contribution in [1.82, 2.24) is 20.8 Å². The second-order valence-electron chi connectivity index (χ2n) is 4.40. The van der Waals surface area contributed by atoms with E-state index in [2.05, 4.69) is 26.1 Å². The lowest BCUT2D eigenvalue weighted by Gasteiger charge is -2.06. The van der Waals surface area contributed by atoms with Crippen LogP contribution in [0.25, 0.3) is 0 Å². The molecular formula is C14H17N5O2S. The molecule has 2 heterocycles. The van der Waals surface area contributed by atoms with Gasteiger partial charge in [-0.3, -0.25) is 9.59 Å². The molecule has 0 fully saturated rings. The maximum Gasteiger partial charge on any atom is 0.271 e. The van der Waals surface area contributed by atoms with Crippen LogP contribution in [0, 0.1) is 0 Å². The lowest BCUT2D eigenvalue weighted by molar-refractivity contribution is 0.0949. The quantitative estimate of drug-likeness (QED) is 0.665. The van der Waals surface area contributed by atoms with Gasteiger partial charge in [-0.15, -0.1) is 21.5 Å². The van der Waals surface area contributed by atoms with Crippen molar-refractivity contribution in [2.75, 3.05) is 25.5 Å². The van der Waals surface area contributed by atoms with Crippen molar-refractivity contribution >= 4 is 29.0 Å². The highest BCUT2D eigenvalue weighted by atomic mass is 32.1. The van der Waals surface area contributed by atoms with E-state index in [9.17, 15) is 9.59 Å². The molecule has 0 bridgehead atoms. The molecule has 0 aliphatic rings. The Morgan fingerprint density at radius 3 is 2.64 bits per heavy atom. The van der Waals surface area contributed by atoms with Crippen LogP contribution < -0.4 is 16.0 Å². The molecule has 0 unspecified atom stereocenters. The highest BCUT2D eigenvalue weighted by Gasteiger charge is 2.06. The van der Waals surface area contributed by atoms with E-state index in [-0.39, 0.29) is 17.5 Å². The summed E-state index contributed by atoms with van der Waals surface area (Å²) >= 11 is 1.42. The van der Waals surface area contributed by atoms with Crippen LogP contribution in [-0.2, 0) is 0 Å². The summed E-state index contributed by atoms with van der Waals surface area (Å²) in [7, 11) is 1.54. The zero-order valence-electron chi connectivity index (χ0n) is 12.1. The molecule has 2 aromatic rings. The maximum absolute atomic E-state index is 11.7. The van der Waals surface area contributed by atoms with Crippen LogP contribution >= 0.6 is 11.3 Å². The minimum absolute atomic E-state index is 0.0512. The first-order valence-corrected chi connectivity index (χ1v) is 7.70. The number of nitrogens with one attached hydrogen (secondary N) is 3. The summed E-state index contributed by atoms with van der Waals surface area (Å²) in [5, 5.41) is 18.0. The van der Waals surface area contributed by atoms with Crippen LogP contribution in [0.3, 0.4) is 0 Å². The molecule has 8 heteroatoms. The number of thiophene rings is 1. The standard InChI is InChI=1S/C14H17N5O2S/c1-15-13(20)10-5-6-12(19-18-10)16-7-3-8-17-14(21)11-4-2-9-22-11/h2,4-6,9H,3,7-8H2,1H3,(H,15,20)(H,16,19)(H,17,21). The predicted molar refractivity (Wildman–Crippen MR) is 85.2 cm³/mol. The van der Waals surface area contributed by atoms with Gasteiger partial charge in [0.25, 0.3) is 11.8 Å². The Labute approximate surface area is 132 Å². The SMILES string of the molecule is CNC(=O)c1ccc(NCCCNC(=O)c2cccs2)nn1. The lowest BCUT2D eigenvalue weighted by atomic mass is 10.3. The largest absolute Gasteiger partial charge is 0.369 e. The molecule has 0 aliphatic carbocycles. The normalized spacial score (nSPS) is 10.0. The molecule has 7 nitrogen and oxygen atoms in total. The van der Waals surface area contributed by atoms with Gasteiger partial charge in [0.2, 0.25) is 0 Å². The van der Waals surface area contributed by atoms with Gasteiger partial charge in [-0.1, -0.05) is 6.07 Å². The summed E-state index contributed by atoms with van der Waals surface area (Å²) in [6, 6.07) is 6.94. The van der Waals surface area contributed by atoms with Crippen molar-refractivity contribution in [3.05, 3.63) is 40.2 Å². The topological polar surface area (TPSA) is 96.0 Å². The van der Waals surface area contributed by atoms with Crippen LogP contribution in [0.1, 0.15) is 26.6 Å². The molecule has 0 saturated heterocycles. The molecule has 116 valence electrons. The van der Waals surface area contributed by atoms with Gasteiger partial charge < -0.3 is 16.0 Å². The Bertz CT molecular complexity index is 613. The fourth-order valence-electron chi connectivity index (χ4n) is 1.68. The molecule has 0 atom stereocenters. The smallest absolute Gasteiger partial charge is 0.271 e. The molecule has 0 aromatic carbocycles. The molecule has 2 aromatic heterocycles. The third-order valence-electron chi connectivity index (χ3n) is 2.81. The number of carbonyl (C=O) groups excluding carboxylic acids is 2. The summed E-state index contributed by atoms with van der Waals surface area (Å²) in [4.78, 5) is 23.7. The second kappa shape index (κ2) is 8.08. The number of rotatable bonds is 7. The Morgan fingerprint density at radius 2 is 2.00 bits per heavy atom. The number of carbonyl (C=O) groups is 2. The zero-order valence-corrected chi connectivity index (χ0v) is 12.9. The maximum atomic E-state index is 11.7. The van der Waals surface area contributed by atoms with E-state index in [4.69, 9.17) is 0 Å². The minimum atomic E-state index is -0.268. The van der Waals surface area contributed by atoms with Gasteiger partial charge in [0.05, 0.1) is 4.88 Å². The number of hydrogen-bond donors (Lipinski definition) is 3. The van der Waals surface area contributed by atoms with Gasteiger partial charge in [-0.2, -0.15) is 0 Å². The number of amides is 2. The molecule has 2 rings (SSSR count). The lowest BCUT2D eigenvalue weighted by Crippen LogP contribution is -2.25. The highest BCUT2D eigenvalue weighted by molar-refractivity contribution is 7.12. The van der Waals surface area contributed by atoms with Gasteiger partial charge in [0.15, 0.2) is 5.69 Å². The summed E-state index contributed by atoms with van der Waals surface area (Å²) in [6.07, 6.45) is 0.760. The van der Waals surface area contributed by atoms with E-state index >= 15 is 0 Å². The molecule has 0 saturated carbocycles. The third-order valence-corrected chi connectivity index (χ3v) is 3.68. The van der Waals surface area contributed by atoms with Crippen LogP contribution in [-0.4, -0.2) is 42.1 Å². The molecule has 3 N–H and O–H groups in total. The van der Waals surface area contributed by atoms with Crippen LogP contribution in [0.5, 0.6) is 0 Å². The van der Waals surface area contributed by atoms with E-state index in [0.29, 0.717) is 23.8 Å². The summed E-state index contributed by atoms with van der Waals surface area (Å²) in [5.74, 6) is 0.275. The Balaban J connectivity index is 1.66. The Morgan fingerprint density at radius 1 is 1.14 bits per heavy atom. The van der Waals surface area contributed by atoms with E-state index in [1.165, 1.54) is 11.3 Å². The van der Waals surface area contributed by atoms with Gasteiger partial charge in [0.1, 0.15) is 5.82 Å². The summed E-state index contributed by atoms with van der Waals surface area (Å²) in [6.45, 7) is 1.23. The number of hydrogen-bond acceptors (Lipinski definition) is 6. The number of nitrogens with zero attached hydrogens (tertiary/aromatic N) is 2. The van der Waals surface area contributed by atoms with Crippen LogP contribution in [0.2, 0.25) is 0 Å². The van der Waals surface area contributed by atoms with Gasteiger partial charge >= 0.3 is 0 Å². The molecular weight excluding hydrogens is 302 g/mol. The van der Waals surface area contributed by atoms with Crippen molar-refractivity contribution in [2.45, 2.75) is 6.42 Å². The molecule has 2 amide bonds. The summed E-state index contributed by atoms with van der Waals surface area (Å²) in [5.41, 5.74) is 0.274. The highest BCUT2D eigenvalue weighted by Crippen LogP contribution is 2.07. The molecule has 0 aliphatic heterocycles. The number of anilines is 1. The van der Waals surface area contributed by atoms with E-state index in [0.717, 1.165) is 6.42 Å². The van der Waals surface area contributed by atoms with Gasteiger partial charge in [-0.05, 0) is 30.0 Å². The van der Waals surface area contributed by atoms with Gasteiger partial charge in [0, 0.05) is 20.1 Å². The fraction of sp³-hybridized carbons (Fsp3) is 0.286. The van der Waals surface area contributed by atoms with Gasteiger partial charge in [-0.25, -0.2) is 0 Å². The average molecular weight is 319 g/mol. The van der Waals surface area contributed by atoms with Crippen molar-refractivity contribution in [1.29, 1.82) is 0 Å². The molecule has 22 heavy (non-hydrogen) atoms. The fourth-order valence-corrected chi connectivity index (χ4v) is 2.32. The third kappa shape index (κ3) is 4.52. The minimum Gasteiger partial charge on any atom is -0.369 e. The van der Waals surface area contributed by atoms with E-state index < -0.39 is 0 Å². The predicted octanol–water partition coefficient (Wildman–Crippen LogP) is 1.13. The monoisotopic (exact) mass is 319 g/mol. The molecule has 0 radical (unpaired) electrons. The Kier molecular flexibility index (Phi) is 5.84. The Hall–Kier alpha value is -2.48. The number of aromatic nitrogens is 2. The van der Waals surface area contributed by atoms with Crippen LogP contribution in [0.4, 0.5) is 5.82 Å². The average Bonchev–Trinajstić information content (AvgIpc) is 3.09. The van der Waals surface area contributed by atoms with Crippen LogP contribution in [0.15, 0.2) is 29.6 Å². The van der Waals surface area contributed by atoms with Crippen molar-refractivity contribution in [2.24, 2.45) is 0 Å². The van der Waals surface area contributed by atoms with E-state index in [1.54, 1.807) is 25.2 Å². The van der Waals surface area contributed by atoms with Crippen molar-refractivity contribution < 1.29 is 9.59 Å². The van der Waals surface area contributed by atoms with E-state index in [1.807, 2.05) is 11.4 Å².